The first kappa shape index (κ1) is 20.4. The maximum Gasteiger partial charge on any atom is 0.196 e. The first-order valence-corrected chi connectivity index (χ1v) is 11.5. The van der Waals surface area contributed by atoms with Crippen molar-refractivity contribution in [2.24, 2.45) is 11.7 Å². The zero-order chi connectivity index (χ0) is 21.5. The minimum Gasteiger partial charge on any atom is -0.354 e. The molecule has 0 aliphatic carbocycles. The van der Waals surface area contributed by atoms with Crippen molar-refractivity contribution < 1.29 is 0 Å². The number of aryl methyl sites for hydroxylation is 1. The number of pyridine rings is 1. The van der Waals surface area contributed by atoms with E-state index >= 15 is 0 Å². The summed E-state index contributed by atoms with van der Waals surface area (Å²) in [4.78, 5) is 29.2. The summed E-state index contributed by atoms with van der Waals surface area (Å²) in [5.41, 5.74) is 9.39. The summed E-state index contributed by atoms with van der Waals surface area (Å²) in [6.45, 7) is 5.93. The summed E-state index contributed by atoms with van der Waals surface area (Å²) in [5, 5.41) is 2.19. The van der Waals surface area contributed by atoms with Gasteiger partial charge in [-0.05, 0) is 36.6 Å². The minimum absolute atomic E-state index is 0.108. The molecule has 10 heteroatoms. The second-order valence-electron chi connectivity index (χ2n) is 8.00. The maximum atomic E-state index is 6.73. The summed E-state index contributed by atoms with van der Waals surface area (Å²) in [7, 11) is 0. The molecule has 1 aliphatic rings. The van der Waals surface area contributed by atoms with Gasteiger partial charge in [-0.15, -0.1) is 0 Å². The number of piperidine rings is 1. The molecule has 1 fully saturated rings. The molecule has 5 heterocycles. The van der Waals surface area contributed by atoms with Gasteiger partial charge in [0.15, 0.2) is 10.8 Å². The van der Waals surface area contributed by atoms with Crippen LogP contribution in [0.5, 0.6) is 0 Å². The maximum absolute atomic E-state index is 6.73. The van der Waals surface area contributed by atoms with Crippen molar-refractivity contribution in [1.82, 2.24) is 29.9 Å². The van der Waals surface area contributed by atoms with Crippen LogP contribution in [0.15, 0.2) is 34.7 Å². The summed E-state index contributed by atoms with van der Waals surface area (Å²) >= 11 is 8.18. The number of fused-ring (bicyclic) bond motifs is 2. The van der Waals surface area contributed by atoms with Crippen LogP contribution in [0.1, 0.15) is 26.0 Å². The molecule has 0 amide bonds. The first-order valence-electron chi connectivity index (χ1n) is 10.3. The molecule has 0 spiro atoms. The second kappa shape index (κ2) is 8.22. The van der Waals surface area contributed by atoms with Gasteiger partial charge in [-0.25, -0.2) is 19.9 Å². The lowest BCUT2D eigenvalue weighted by Crippen LogP contribution is -2.46. The second-order valence-corrected chi connectivity index (χ2v) is 9.42. The van der Waals surface area contributed by atoms with Crippen molar-refractivity contribution >= 4 is 51.4 Å². The highest BCUT2D eigenvalue weighted by molar-refractivity contribution is 7.99. The van der Waals surface area contributed by atoms with E-state index in [4.69, 9.17) is 27.3 Å². The Kier molecular flexibility index (Phi) is 5.41. The molecular weight excluding hydrogens is 432 g/mol. The van der Waals surface area contributed by atoms with Crippen LogP contribution in [0.3, 0.4) is 0 Å². The molecule has 31 heavy (non-hydrogen) atoms. The molecule has 1 aliphatic heterocycles. The largest absolute Gasteiger partial charge is 0.354 e. The predicted octanol–water partition coefficient (Wildman–Crippen LogP) is 3.84. The van der Waals surface area contributed by atoms with Crippen LogP contribution in [0.4, 0.5) is 5.82 Å². The standard InChI is InChI=1S/C21H23ClN8S/c1-3-14-17(22)16-19(27-14)28-21(29-20(16)30-9-11(2)6-12(23)10-30)31-13-7-15-18(26-8-13)25-5-4-24-15/h4-5,7-8,11-12H,3,6,9-10,23H2,1-2H3,(H,27,28,29)/t11-,12+/m0/s1. The zero-order valence-corrected chi connectivity index (χ0v) is 18.9. The van der Waals surface area contributed by atoms with E-state index in [1.165, 1.54) is 11.8 Å². The van der Waals surface area contributed by atoms with Gasteiger partial charge in [-0.3, -0.25) is 4.98 Å². The Labute approximate surface area is 189 Å². The van der Waals surface area contributed by atoms with Gasteiger partial charge in [-0.2, -0.15) is 0 Å². The average Bonchev–Trinajstić information content (AvgIpc) is 3.08. The van der Waals surface area contributed by atoms with Crippen molar-refractivity contribution in [3.8, 4) is 0 Å². The normalized spacial score (nSPS) is 19.4. The summed E-state index contributed by atoms with van der Waals surface area (Å²) in [6, 6.07) is 2.06. The van der Waals surface area contributed by atoms with Crippen molar-refractivity contribution in [2.75, 3.05) is 18.0 Å². The zero-order valence-electron chi connectivity index (χ0n) is 17.3. The Hall–Kier alpha value is -2.49. The third-order valence-corrected chi connectivity index (χ3v) is 6.72. The summed E-state index contributed by atoms with van der Waals surface area (Å²) < 4.78 is 0. The molecule has 0 unspecified atom stereocenters. The molecule has 3 N–H and O–H groups in total. The Bertz CT molecular complexity index is 1250. The number of nitrogens with zero attached hydrogens (tertiary/aromatic N) is 6. The average molecular weight is 455 g/mol. The molecular formula is C21H23ClN8S. The van der Waals surface area contributed by atoms with Gasteiger partial charge in [0.05, 0.1) is 10.4 Å². The monoisotopic (exact) mass is 454 g/mol. The van der Waals surface area contributed by atoms with E-state index in [-0.39, 0.29) is 6.04 Å². The lowest BCUT2D eigenvalue weighted by atomic mass is 9.96. The van der Waals surface area contributed by atoms with Gasteiger partial charge < -0.3 is 15.6 Å². The van der Waals surface area contributed by atoms with Crippen molar-refractivity contribution in [1.29, 1.82) is 0 Å². The number of rotatable bonds is 4. The first-order chi connectivity index (χ1) is 15.0. The fourth-order valence-electron chi connectivity index (χ4n) is 4.16. The molecule has 2 atom stereocenters. The van der Waals surface area contributed by atoms with Crippen LogP contribution in [0.2, 0.25) is 5.02 Å². The highest BCUT2D eigenvalue weighted by Gasteiger charge is 2.27. The molecule has 8 nitrogen and oxygen atoms in total. The van der Waals surface area contributed by atoms with E-state index in [1.807, 2.05) is 6.07 Å². The number of nitrogens with two attached hydrogens (primary N) is 1. The predicted molar refractivity (Wildman–Crippen MR) is 124 cm³/mol. The van der Waals surface area contributed by atoms with E-state index in [0.29, 0.717) is 21.7 Å². The van der Waals surface area contributed by atoms with Gasteiger partial charge in [0.1, 0.15) is 17.0 Å². The number of hydrogen-bond donors (Lipinski definition) is 2. The van der Waals surface area contributed by atoms with Gasteiger partial charge in [0.25, 0.3) is 0 Å². The van der Waals surface area contributed by atoms with Crippen LogP contribution in [0.25, 0.3) is 22.2 Å². The Balaban J connectivity index is 1.59. The molecule has 160 valence electrons. The quantitative estimate of drug-likeness (QED) is 0.447. The molecule has 0 saturated carbocycles. The Morgan fingerprint density at radius 2 is 2.06 bits per heavy atom. The number of aromatic amines is 1. The van der Waals surface area contributed by atoms with E-state index in [2.05, 4.69) is 38.7 Å². The van der Waals surface area contributed by atoms with Crippen LogP contribution in [0, 0.1) is 5.92 Å². The van der Waals surface area contributed by atoms with Gasteiger partial charge in [0, 0.05) is 48.3 Å². The summed E-state index contributed by atoms with van der Waals surface area (Å²) in [5.74, 6) is 1.32. The number of anilines is 1. The number of aromatic nitrogens is 6. The van der Waals surface area contributed by atoms with Crippen LogP contribution in [-0.4, -0.2) is 49.0 Å². The third-order valence-electron chi connectivity index (χ3n) is 5.48. The number of nitrogens with one attached hydrogen (secondary N) is 1. The van der Waals surface area contributed by atoms with Crippen molar-refractivity contribution in [2.45, 2.75) is 42.8 Å². The molecule has 4 aromatic heterocycles. The molecule has 0 radical (unpaired) electrons. The molecule has 5 rings (SSSR count). The van der Waals surface area contributed by atoms with E-state index in [9.17, 15) is 0 Å². The fraction of sp³-hybridized carbons (Fsp3) is 0.381. The minimum atomic E-state index is 0.108. The lowest BCUT2D eigenvalue weighted by molar-refractivity contribution is 0.400. The van der Waals surface area contributed by atoms with Crippen LogP contribution < -0.4 is 10.6 Å². The topological polar surface area (TPSA) is 109 Å². The van der Waals surface area contributed by atoms with E-state index < -0.39 is 0 Å². The Morgan fingerprint density at radius 3 is 2.87 bits per heavy atom. The summed E-state index contributed by atoms with van der Waals surface area (Å²) in [6.07, 6.45) is 6.87. The van der Waals surface area contributed by atoms with Crippen LogP contribution >= 0.6 is 23.4 Å². The number of halogens is 1. The lowest BCUT2D eigenvalue weighted by Gasteiger charge is -2.36. The highest BCUT2D eigenvalue weighted by Crippen LogP contribution is 2.37. The SMILES string of the molecule is CCc1[nH]c2nc(Sc3cnc4nccnc4c3)nc(N3C[C@@H](C)C[C@@H](N)C3)c2c1Cl. The van der Waals surface area contributed by atoms with Crippen molar-refractivity contribution in [3.05, 3.63) is 35.4 Å². The van der Waals surface area contributed by atoms with Gasteiger partial charge in [-0.1, -0.05) is 25.4 Å². The third kappa shape index (κ3) is 3.93. The smallest absolute Gasteiger partial charge is 0.196 e. The molecule has 4 aromatic rings. The Morgan fingerprint density at radius 1 is 1.23 bits per heavy atom. The molecule has 0 bridgehead atoms. The molecule has 0 aromatic carbocycles. The molecule has 1 saturated heterocycles. The van der Waals surface area contributed by atoms with Crippen LogP contribution in [-0.2, 0) is 6.42 Å². The fourth-order valence-corrected chi connectivity index (χ4v) is 5.27. The highest BCUT2D eigenvalue weighted by atomic mass is 35.5. The van der Waals surface area contributed by atoms with E-state index in [0.717, 1.165) is 58.9 Å². The van der Waals surface area contributed by atoms with E-state index in [1.54, 1.807) is 18.6 Å². The van der Waals surface area contributed by atoms with Gasteiger partial charge >= 0.3 is 0 Å². The van der Waals surface area contributed by atoms with Crippen molar-refractivity contribution in [3.63, 3.8) is 0 Å². The number of H-pyrrole nitrogens is 1. The van der Waals surface area contributed by atoms with Gasteiger partial charge in [0.2, 0.25) is 0 Å². The number of hydrogen-bond acceptors (Lipinski definition) is 8.